The number of benzene rings is 1. The molecule has 106 valence electrons. The fraction of sp³-hybridized carbons (Fsp3) is 0.562. The lowest BCUT2D eigenvalue weighted by Gasteiger charge is -2.30. The standard InChI is InChI=1S/C16H25NO2/c1-11-9-14(19-6)12(2)13(3)15(11)16(4,5)10-17-7-8-18/h8-9,17H,7,10H2,1-6H3. The van der Waals surface area contributed by atoms with E-state index in [9.17, 15) is 4.79 Å². The minimum atomic E-state index is -0.0196. The van der Waals surface area contributed by atoms with Gasteiger partial charge >= 0.3 is 0 Å². The summed E-state index contributed by atoms with van der Waals surface area (Å²) in [4.78, 5) is 10.4. The van der Waals surface area contributed by atoms with E-state index in [1.54, 1.807) is 7.11 Å². The SMILES string of the molecule is COc1cc(C)c(C(C)(C)CNCC=O)c(C)c1C. The summed E-state index contributed by atoms with van der Waals surface area (Å²) in [7, 11) is 1.71. The van der Waals surface area contributed by atoms with Crippen molar-refractivity contribution in [2.24, 2.45) is 0 Å². The van der Waals surface area contributed by atoms with Crippen molar-refractivity contribution >= 4 is 6.29 Å². The first-order chi connectivity index (χ1) is 8.85. The third kappa shape index (κ3) is 3.35. The van der Waals surface area contributed by atoms with Crippen LogP contribution in [0.3, 0.4) is 0 Å². The van der Waals surface area contributed by atoms with Gasteiger partial charge in [-0.25, -0.2) is 0 Å². The van der Waals surface area contributed by atoms with Crippen LogP contribution in [0.2, 0.25) is 0 Å². The van der Waals surface area contributed by atoms with Gasteiger partial charge < -0.3 is 14.8 Å². The Labute approximate surface area is 116 Å². The van der Waals surface area contributed by atoms with Crippen molar-refractivity contribution in [3.63, 3.8) is 0 Å². The number of methoxy groups -OCH3 is 1. The summed E-state index contributed by atoms with van der Waals surface area (Å²) < 4.78 is 5.41. The van der Waals surface area contributed by atoms with Crippen LogP contribution in [0.1, 0.15) is 36.1 Å². The third-order valence-electron chi connectivity index (χ3n) is 3.74. The number of rotatable bonds is 6. The molecule has 19 heavy (non-hydrogen) atoms. The van der Waals surface area contributed by atoms with E-state index in [0.717, 1.165) is 18.6 Å². The van der Waals surface area contributed by atoms with Crippen molar-refractivity contribution in [1.82, 2.24) is 5.32 Å². The molecule has 0 spiro atoms. The third-order valence-corrected chi connectivity index (χ3v) is 3.74. The number of carbonyl (C=O) groups is 1. The topological polar surface area (TPSA) is 38.3 Å². The van der Waals surface area contributed by atoms with E-state index in [-0.39, 0.29) is 5.41 Å². The highest BCUT2D eigenvalue weighted by Gasteiger charge is 2.26. The molecule has 0 amide bonds. The average molecular weight is 263 g/mol. The van der Waals surface area contributed by atoms with Gasteiger partial charge in [-0.05, 0) is 49.1 Å². The Balaban J connectivity index is 3.18. The van der Waals surface area contributed by atoms with Crippen LogP contribution in [-0.4, -0.2) is 26.5 Å². The Hall–Kier alpha value is -1.35. The van der Waals surface area contributed by atoms with Gasteiger partial charge in [0.2, 0.25) is 0 Å². The highest BCUT2D eigenvalue weighted by molar-refractivity contribution is 5.52. The molecule has 0 heterocycles. The number of hydrogen-bond acceptors (Lipinski definition) is 3. The highest BCUT2D eigenvalue weighted by Crippen LogP contribution is 2.35. The molecule has 0 aliphatic rings. The summed E-state index contributed by atoms with van der Waals surface area (Å²) in [5.74, 6) is 0.940. The van der Waals surface area contributed by atoms with Crippen molar-refractivity contribution in [1.29, 1.82) is 0 Å². The van der Waals surface area contributed by atoms with Crippen molar-refractivity contribution in [2.75, 3.05) is 20.2 Å². The molecule has 1 aromatic rings. The largest absolute Gasteiger partial charge is 0.496 e. The predicted octanol–water partition coefficient (Wildman–Crippen LogP) is 2.69. The van der Waals surface area contributed by atoms with Crippen LogP contribution in [0, 0.1) is 20.8 Å². The van der Waals surface area contributed by atoms with Crippen LogP contribution in [0.25, 0.3) is 0 Å². The van der Waals surface area contributed by atoms with Gasteiger partial charge in [0.15, 0.2) is 0 Å². The smallest absolute Gasteiger partial charge is 0.133 e. The second-order valence-corrected chi connectivity index (χ2v) is 5.70. The summed E-state index contributed by atoms with van der Waals surface area (Å²) in [5.41, 5.74) is 5.01. The fourth-order valence-electron chi connectivity index (χ4n) is 2.83. The van der Waals surface area contributed by atoms with E-state index in [1.807, 2.05) is 0 Å². The summed E-state index contributed by atoms with van der Waals surface area (Å²) in [6.07, 6.45) is 0.898. The maximum absolute atomic E-state index is 10.4. The summed E-state index contributed by atoms with van der Waals surface area (Å²) in [6.45, 7) is 11.9. The van der Waals surface area contributed by atoms with Crippen LogP contribution in [0.15, 0.2) is 6.07 Å². The molecule has 3 heteroatoms. The number of carbonyl (C=O) groups excluding carboxylic acids is 1. The Bertz CT molecular complexity index is 464. The van der Waals surface area contributed by atoms with E-state index < -0.39 is 0 Å². The lowest BCUT2D eigenvalue weighted by atomic mass is 9.78. The molecule has 0 fully saturated rings. The molecule has 0 atom stereocenters. The summed E-state index contributed by atoms with van der Waals surface area (Å²) in [5, 5.41) is 3.18. The molecule has 1 N–H and O–H groups in total. The lowest BCUT2D eigenvalue weighted by molar-refractivity contribution is -0.107. The molecule has 0 radical (unpaired) electrons. The van der Waals surface area contributed by atoms with Crippen molar-refractivity contribution in [3.8, 4) is 5.75 Å². The minimum absolute atomic E-state index is 0.0196. The van der Waals surface area contributed by atoms with Crippen LogP contribution < -0.4 is 10.1 Å². The first kappa shape index (κ1) is 15.7. The monoisotopic (exact) mass is 263 g/mol. The summed E-state index contributed by atoms with van der Waals surface area (Å²) in [6, 6.07) is 2.10. The molecule has 0 saturated carbocycles. The molecule has 1 rings (SSSR count). The number of ether oxygens (including phenoxy) is 1. The number of aldehydes is 1. The van der Waals surface area contributed by atoms with Gasteiger partial charge in [-0.3, -0.25) is 0 Å². The molecule has 0 aromatic heterocycles. The predicted molar refractivity (Wildman–Crippen MR) is 79.2 cm³/mol. The van der Waals surface area contributed by atoms with Gasteiger partial charge in [-0.1, -0.05) is 13.8 Å². The molecule has 0 bridgehead atoms. The van der Waals surface area contributed by atoms with Gasteiger partial charge in [-0.15, -0.1) is 0 Å². The van der Waals surface area contributed by atoms with E-state index >= 15 is 0 Å². The molecule has 0 unspecified atom stereocenters. The maximum atomic E-state index is 10.4. The Kier molecular flexibility index (Phi) is 5.12. The van der Waals surface area contributed by atoms with E-state index in [2.05, 4.69) is 46.0 Å². The van der Waals surface area contributed by atoms with Crippen LogP contribution in [0.4, 0.5) is 0 Å². The zero-order chi connectivity index (χ0) is 14.6. The number of nitrogens with one attached hydrogen (secondary N) is 1. The van der Waals surface area contributed by atoms with Gasteiger partial charge in [0.05, 0.1) is 13.7 Å². The fourth-order valence-corrected chi connectivity index (χ4v) is 2.83. The summed E-state index contributed by atoms with van der Waals surface area (Å²) >= 11 is 0. The normalized spacial score (nSPS) is 11.5. The van der Waals surface area contributed by atoms with Crippen molar-refractivity contribution in [3.05, 3.63) is 28.3 Å². The average Bonchev–Trinajstić information content (AvgIpc) is 2.33. The maximum Gasteiger partial charge on any atom is 0.133 e. The number of hydrogen-bond donors (Lipinski definition) is 1. The number of aryl methyl sites for hydroxylation is 1. The Morgan fingerprint density at radius 3 is 2.42 bits per heavy atom. The second-order valence-electron chi connectivity index (χ2n) is 5.70. The van der Waals surface area contributed by atoms with E-state index in [0.29, 0.717) is 6.54 Å². The van der Waals surface area contributed by atoms with Gasteiger partial charge in [-0.2, -0.15) is 0 Å². The van der Waals surface area contributed by atoms with E-state index in [1.165, 1.54) is 22.3 Å². The Morgan fingerprint density at radius 2 is 1.89 bits per heavy atom. The van der Waals surface area contributed by atoms with Crippen LogP contribution >= 0.6 is 0 Å². The van der Waals surface area contributed by atoms with Crippen LogP contribution in [0.5, 0.6) is 5.75 Å². The van der Waals surface area contributed by atoms with Gasteiger partial charge in [0.25, 0.3) is 0 Å². The zero-order valence-corrected chi connectivity index (χ0v) is 12.9. The highest BCUT2D eigenvalue weighted by atomic mass is 16.5. The quantitative estimate of drug-likeness (QED) is 0.633. The second kappa shape index (κ2) is 6.20. The van der Waals surface area contributed by atoms with E-state index in [4.69, 9.17) is 4.74 Å². The zero-order valence-electron chi connectivity index (χ0n) is 12.9. The lowest BCUT2D eigenvalue weighted by Crippen LogP contribution is -2.35. The van der Waals surface area contributed by atoms with Crippen molar-refractivity contribution < 1.29 is 9.53 Å². The first-order valence-corrected chi connectivity index (χ1v) is 6.64. The molecule has 0 aliphatic heterocycles. The molecule has 0 aliphatic carbocycles. The molecular formula is C16H25NO2. The molecular weight excluding hydrogens is 238 g/mol. The molecule has 3 nitrogen and oxygen atoms in total. The minimum Gasteiger partial charge on any atom is -0.496 e. The Morgan fingerprint density at radius 1 is 1.26 bits per heavy atom. The van der Waals surface area contributed by atoms with Crippen molar-refractivity contribution in [2.45, 2.75) is 40.0 Å². The van der Waals surface area contributed by atoms with Gasteiger partial charge in [0, 0.05) is 12.0 Å². The van der Waals surface area contributed by atoms with Gasteiger partial charge in [0.1, 0.15) is 12.0 Å². The molecule has 0 saturated heterocycles. The molecule has 1 aromatic carbocycles. The van der Waals surface area contributed by atoms with Crippen LogP contribution in [-0.2, 0) is 10.2 Å². The first-order valence-electron chi connectivity index (χ1n) is 6.64.